The van der Waals surface area contributed by atoms with E-state index in [0.717, 1.165) is 37.3 Å². The Morgan fingerprint density at radius 2 is 1.84 bits per heavy atom. The van der Waals surface area contributed by atoms with Crippen LogP contribution in [0.5, 0.6) is 0 Å². The summed E-state index contributed by atoms with van der Waals surface area (Å²) < 4.78 is 0. The summed E-state index contributed by atoms with van der Waals surface area (Å²) in [6.45, 7) is 6.78. The van der Waals surface area contributed by atoms with Crippen LogP contribution in [0.3, 0.4) is 0 Å². The fraction of sp³-hybridized carbons (Fsp3) is 0.600. The molecule has 7 heteroatoms. The summed E-state index contributed by atoms with van der Waals surface area (Å²) in [5.74, 6) is 1.47. The van der Waals surface area contributed by atoms with Gasteiger partial charge in [-0.3, -0.25) is 19.7 Å². The van der Waals surface area contributed by atoms with Crippen molar-refractivity contribution in [3.63, 3.8) is 0 Å². The van der Waals surface area contributed by atoms with E-state index >= 15 is 0 Å². The summed E-state index contributed by atoms with van der Waals surface area (Å²) in [5.41, 5.74) is 2.04. The maximum atomic E-state index is 13.1. The minimum absolute atomic E-state index is 0.279. The molecule has 4 rings (SSSR count). The van der Waals surface area contributed by atoms with Crippen molar-refractivity contribution in [2.45, 2.75) is 76.8 Å². The maximum Gasteiger partial charge on any atom is 0.237 e. The average Bonchev–Trinajstić information content (AvgIpc) is 2.81. The van der Waals surface area contributed by atoms with Gasteiger partial charge in [0.15, 0.2) is 0 Å². The Labute approximate surface area is 191 Å². The van der Waals surface area contributed by atoms with Gasteiger partial charge in [-0.05, 0) is 64.8 Å². The number of nitrogens with zero attached hydrogens (tertiary/aromatic N) is 5. The van der Waals surface area contributed by atoms with Crippen molar-refractivity contribution in [2.75, 3.05) is 25.0 Å². The van der Waals surface area contributed by atoms with Gasteiger partial charge in [-0.15, -0.1) is 0 Å². The summed E-state index contributed by atoms with van der Waals surface area (Å²) in [6, 6.07) is 4.87. The molecule has 0 radical (unpaired) electrons. The molecule has 0 atom stereocenters. The van der Waals surface area contributed by atoms with Crippen LogP contribution in [0, 0.1) is 0 Å². The second-order valence-corrected chi connectivity index (χ2v) is 9.42. The molecule has 1 saturated carbocycles. The van der Waals surface area contributed by atoms with Crippen molar-refractivity contribution >= 4 is 17.4 Å². The van der Waals surface area contributed by atoms with Crippen LogP contribution >= 0.6 is 0 Å². The summed E-state index contributed by atoms with van der Waals surface area (Å²) in [5, 5.41) is 3.22. The SMILES string of the molecule is CC(C)N(C(=O)CN1CCC(c2ccc(Nc3cnccn3)cn2)CC1)C1CCCCC1. The first-order valence-electron chi connectivity index (χ1n) is 12.1. The number of pyridine rings is 1. The van der Waals surface area contributed by atoms with Gasteiger partial charge in [0.1, 0.15) is 5.82 Å². The highest BCUT2D eigenvalue weighted by molar-refractivity contribution is 5.79. The van der Waals surface area contributed by atoms with Gasteiger partial charge in [0.25, 0.3) is 0 Å². The van der Waals surface area contributed by atoms with Gasteiger partial charge in [-0.1, -0.05) is 19.3 Å². The van der Waals surface area contributed by atoms with E-state index in [0.29, 0.717) is 30.2 Å². The van der Waals surface area contributed by atoms with Crippen LogP contribution in [0.4, 0.5) is 11.5 Å². The van der Waals surface area contributed by atoms with E-state index < -0.39 is 0 Å². The van der Waals surface area contributed by atoms with Crippen LogP contribution < -0.4 is 5.32 Å². The van der Waals surface area contributed by atoms with Crippen LogP contribution in [0.25, 0.3) is 0 Å². The summed E-state index contributed by atoms with van der Waals surface area (Å²) in [7, 11) is 0. The van der Waals surface area contributed by atoms with Crippen molar-refractivity contribution < 1.29 is 4.79 Å². The lowest BCUT2D eigenvalue weighted by molar-refractivity contribution is -0.137. The van der Waals surface area contributed by atoms with Crippen LogP contribution in [-0.2, 0) is 4.79 Å². The van der Waals surface area contributed by atoms with Crippen LogP contribution in [0.2, 0.25) is 0 Å². The zero-order valence-corrected chi connectivity index (χ0v) is 19.4. The van der Waals surface area contributed by atoms with Crippen molar-refractivity contribution in [1.29, 1.82) is 0 Å². The van der Waals surface area contributed by atoms with Gasteiger partial charge >= 0.3 is 0 Å². The molecule has 1 saturated heterocycles. The molecule has 172 valence electrons. The summed E-state index contributed by atoms with van der Waals surface area (Å²) in [6.07, 6.45) is 15.1. The smallest absolute Gasteiger partial charge is 0.237 e. The largest absolute Gasteiger partial charge is 0.338 e. The Balaban J connectivity index is 1.27. The van der Waals surface area contributed by atoms with E-state index in [9.17, 15) is 4.79 Å². The first kappa shape index (κ1) is 22.6. The molecule has 1 aliphatic carbocycles. The highest BCUT2D eigenvalue weighted by Gasteiger charge is 2.30. The number of anilines is 2. The molecule has 7 nitrogen and oxygen atoms in total. The van der Waals surface area contributed by atoms with Gasteiger partial charge in [0.2, 0.25) is 5.91 Å². The molecule has 2 aromatic rings. The number of nitrogens with one attached hydrogen (secondary N) is 1. The third-order valence-electron chi connectivity index (χ3n) is 6.80. The van der Waals surface area contributed by atoms with Crippen molar-refractivity contribution in [1.82, 2.24) is 24.8 Å². The number of likely N-dealkylation sites (tertiary alicyclic amines) is 1. The number of carbonyl (C=O) groups excluding carboxylic acids is 1. The number of rotatable bonds is 7. The first-order valence-corrected chi connectivity index (χ1v) is 12.1. The number of hydrogen-bond donors (Lipinski definition) is 1. The average molecular weight is 437 g/mol. The van der Waals surface area contributed by atoms with E-state index in [1.165, 1.54) is 32.1 Å². The predicted molar refractivity (Wildman–Crippen MR) is 127 cm³/mol. The summed E-state index contributed by atoms with van der Waals surface area (Å²) >= 11 is 0. The molecule has 0 bridgehead atoms. The third kappa shape index (κ3) is 5.82. The number of amides is 1. The number of carbonyl (C=O) groups is 1. The molecule has 2 aliphatic rings. The second kappa shape index (κ2) is 10.9. The molecule has 2 fully saturated rings. The third-order valence-corrected chi connectivity index (χ3v) is 6.80. The van der Waals surface area contributed by atoms with E-state index in [-0.39, 0.29) is 6.04 Å². The molecule has 0 unspecified atom stereocenters. The Hall–Kier alpha value is -2.54. The first-order chi connectivity index (χ1) is 15.6. The quantitative estimate of drug-likeness (QED) is 0.695. The molecule has 3 heterocycles. The molecule has 1 aliphatic heterocycles. The van der Waals surface area contributed by atoms with E-state index in [1.54, 1.807) is 18.6 Å². The molecular weight excluding hydrogens is 400 g/mol. The monoisotopic (exact) mass is 436 g/mol. The lowest BCUT2D eigenvalue weighted by Crippen LogP contribution is -2.50. The molecule has 32 heavy (non-hydrogen) atoms. The lowest BCUT2D eigenvalue weighted by Gasteiger charge is -2.39. The Morgan fingerprint density at radius 3 is 2.47 bits per heavy atom. The van der Waals surface area contributed by atoms with Crippen molar-refractivity contribution in [2.24, 2.45) is 0 Å². The van der Waals surface area contributed by atoms with Crippen molar-refractivity contribution in [3.05, 3.63) is 42.6 Å². The highest BCUT2D eigenvalue weighted by Crippen LogP contribution is 2.28. The second-order valence-electron chi connectivity index (χ2n) is 9.42. The Morgan fingerprint density at radius 1 is 1.06 bits per heavy atom. The van der Waals surface area contributed by atoms with Gasteiger partial charge in [-0.25, -0.2) is 4.98 Å². The van der Waals surface area contributed by atoms with Crippen LogP contribution in [0.1, 0.15) is 70.4 Å². The van der Waals surface area contributed by atoms with Gasteiger partial charge in [-0.2, -0.15) is 0 Å². The molecule has 2 aromatic heterocycles. The zero-order chi connectivity index (χ0) is 22.3. The standard InChI is InChI=1S/C25H36N6O/c1-19(2)31(22-6-4-3-5-7-22)25(32)18-30-14-10-20(11-15-30)23-9-8-21(16-28-23)29-24-17-26-12-13-27-24/h8-9,12-13,16-17,19-20,22H,3-7,10-11,14-15,18H2,1-2H3,(H,27,29). The summed E-state index contributed by atoms with van der Waals surface area (Å²) in [4.78, 5) is 30.7. The molecule has 1 N–H and O–H groups in total. The van der Waals surface area contributed by atoms with Gasteiger partial charge in [0.05, 0.1) is 24.6 Å². The fourth-order valence-electron chi connectivity index (χ4n) is 5.16. The fourth-order valence-corrected chi connectivity index (χ4v) is 5.16. The van der Waals surface area contributed by atoms with Gasteiger partial charge < -0.3 is 10.2 Å². The van der Waals surface area contributed by atoms with E-state index in [2.05, 4.69) is 51.1 Å². The van der Waals surface area contributed by atoms with Crippen molar-refractivity contribution in [3.8, 4) is 0 Å². The maximum absolute atomic E-state index is 13.1. The zero-order valence-electron chi connectivity index (χ0n) is 19.4. The topological polar surface area (TPSA) is 74.2 Å². The predicted octanol–water partition coefficient (Wildman–Crippen LogP) is 4.36. The molecule has 1 amide bonds. The van der Waals surface area contributed by atoms with Gasteiger partial charge in [0, 0.05) is 36.1 Å². The Bertz CT molecular complexity index is 842. The number of piperidine rings is 1. The van der Waals surface area contributed by atoms with Crippen LogP contribution in [-0.4, -0.2) is 62.4 Å². The normalized spacial score (nSPS) is 18.6. The lowest BCUT2D eigenvalue weighted by atomic mass is 9.92. The number of hydrogen-bond acceptors (Lipinski definition) is 6. The molecule has 0 aromatic carbocycles. The minimum Gasteiger partial charge on any atom is -0.338 e. The van der Waals surface area contributed by atoms with E-state index in [1.807, 2.05) is 6.20 Å². The molecule has 0 spiro atoms. The number of aromatic nitrogens is 3. The highest BCUT2D eigenvalue weighted by atomic mass is 16.2. The Kier molecular flexibility index (Phi) is 7.68. The van der Waals surface area contributed by atoms with E-state index in [4.69, 9.17) is 4.98 Å². The minimum atomic E-state index is 0.279. The molecular formula is C25H36N6O. The van der Waals surface area contributed by atoms with Crippen LogP contribution in [0.15, 0.2) is 36.9 Å².